The first kappa shape index (κ1) is 18.4. The van der Waals surface area contributed by atoms with E-state index < -0.39 is 0 Å². The SMILES string of the molecule is CC[C@]1(N)C[C@H]1c1ccc(NC(=O)c2ccc3ccccc3c2)cc1.Cl. The maximum Gasteiger partial charge on any atom is 0.255 e. The Balaban J connectivity index is 0.00000196. The first-order chi connectivity index (χ1) is 12.1. The summed E-state index contributed by atoms with van der Waals surface area (Å²) in [4.78, 5) is 12.5. The van der Waals surface area contributed by atoms with Crippen LogP contribution in [-0.2, 0) is 0 Å². The van der Waals surface area contributed by atoms with Crippen molar-refractivity contribution in [3.8, 4) is 0 Å². The second kappa shape index (κ2) is 7.10. The highest BCUT2D eigenvalue weighted by atomic mass is 35.5. The van der Waals surface area contributed by atoms with E-state index in [0.717, 1.165) is 29.3 Å². The molecule has 1 aliphatic carbocycles. The van der Waals surface area contributed by atoms with Crippen LogP contribution in [0.25, 0.3) is 10.8 Å². The third-order valence-corrected chi connectivity index (χ3v) is 5.36. The zero-order valence-electron chi connectivity index (χ0n) is 14.7. The molecular weight excluding hydrogens is 344 g/mol. The molecule has 2 atom stereocenters. The van der Waals surface area contributed by atoms with E-state index in [4.69, 9.17) is 5.73 Å². The number of nitrogens with one attached hydrogen (secondary N) is 1. The van der Waals surface area contributed by atoms with Crippen LogP contribution in [0.2, 0.25) is 0 Å². The topological polar surface area (TPSA) is 55.1 Å². The zero-order valence-corrected chi connectivity index (χ0v) is 15.6. The second-order valence-corrected chi connectivity index (χ2v) is 6.98. The predicted octanol–water partition coefficient (Wildman–Crippen LogP) is 5.11. The van der Waals surface area contributed by atoms with E-state index >= 15 is 0 Å². The highest BCUT2D eigenvalue weighted by molar-refractivity contribution is 6.06. The number of fused-ring (bicyclic) bond motifs is 1. The molecule has 4 heteroatoms. The molecule has 1 fully saturated rings. The van der Waals surface area contributed by atoms with Crippen molar-refractivity contribution in [2.75, 3.05) is 5.32 Å². The lowest BCUT2D eigenvalue weighted by Gasteiger charge is -2.10. The zero-order chi connectivity index (χ0) is 17.4. The Morgan fingerprint density at radius 3 is 2.42 bits per heavy atom. The molecule has 3 aromatic rings. The fourth-order valence-electron chi connectivity index (χ4n) is 3.49. The first-order valence-electron chi connectivity index (χ1n) is 8.78. The van der Waals surface area contributed by atoms with Crippen LogP contribution in [-0.4, -0.2) is 11.4 Å². The van der Waals surface area contributed by atoms with E-state index in [9.17, 15) is 4.79 Å². The molecule has 0 spiro atoms. The van der Waals surface area contributed by atoms with Gasteiger partial charge in [-0.25, -0.2) is 0 Å². The molecule has 26 heavy (non-hydrogen) atoms. The van der Waals surface area contributed by atoms with Crippen molar-refractivity contribution >= 4 is 34.8 Å². The number of nitrogens with two attached hydrogens (primary N) is 1. The van der Waals surface area contributed by atoms with Crippen molar-refractivity contribution in [1.29, 1.82) is 0 Å². The van der Waals surface area contributed by atoms with Gasteiger partial charge in [0.2, 0.25) is 0 Å². The molecule has 134 valence electrons. The van der Waals surface area contributed by atoms with Crippen molar-refractivity contribution in [2.24, 2.45) is 5.73 Å². The van der Waals surface area contributed by atoms with Gasteiger partial charge in [-0.3, -0.25) is 4.79 Å². The average Bonchev–Trinajstić information content (AvgIpc) is 3.34. The van der Waals surface area contributed by atoms with Crippen molar-refractivity contribution in [2.45, 2.75) is 31.2 Å². The monoisotopic (exact) mass is 366 g/mol. The summed E-state index contributed by atoms with van der Waals surface area (Å²) in [7, 11) is 0. The number of anilines is 1. The van der Waals surface area contributed by atoms with Crippen LogP contribution in [0.4, 0.5) is 5.69 Å². The van der Waals surface area contributed by atoms with E-state index in [1.165, 1.54) is 5.56 Å². The lowest BCUT2D eigenvalue weighted by atomic mass is 10.0. The molecule has 3 aromatic carbocycles. The molecule has 1 amide bonds. The summed E-state index contributed by atoms with van der Waals surface area (Å²) < 4.78 is 0. The Bertz CT molecular complexity index is 938. The molecule has 0 bridgehead atoms. The van der Waals surface area contributed by atoms with E-state index in [0.29, 0.717) is 11.5 Å². The van der Waals surface area contributed by atoms with E-state index in [1.807, 2.05) is 54.6 Å². The summed E-state index contributed by atoms with van der Waals surface area (Å²) in [6, 6.07) is 21.9. The number of carbonyl (C=O) groups is 1. The van der Waals surface area contributed by atoms with Gasteiger partial charge in [-0.05, 0) is 53.4 Å². The van der Waals surface area contributed by atoms with Crippen LogP contribution in [0.15, 0.2) is 66.7 Å². The number of hydrogen-bond acceptors (Lipinski definition) is 2. The second-order valence-electron chi connectivity index (χ2n) is 6.98. The third kappa shape index (κ3) is 3.46. The van der Waals surface area contributed by atoms with Crippen molar-refractivity contribution in [3.05, 3.63) is 77.9 Å². The molecule has 4 rings (SSSR count). The number of halogens is 1. The van der Waals surface area contributed by atoms with Gasteiger partial charge in [0.25, 0.3) is 5.91 Å². The number of carbonyl (C=O) groups excluding carboxylic acids is 1. The molecule has 1 saturated carbocycles. The summed E-state index contributed by atoms with van der Waals surface area (Å²) in [5.74, 6) is 0.356. The highest BCUT2D eigenvalue weighted by Gasteiger charge is 2.49. The van der Waals surface area contributed by atoms with Crippen LogP contribution < -0.4 is 11.1 Å². The lowest BCUT2D eigenvalue weighted by molar-refractivity contribution is 0.102. The molecule has 0 radical (unpaired) electrons. The summed E-state index contributed by atoms with van der Waals surface area (Å²) in [5.41, 5.74) is 8.99. The van der Waals surface area contributed by atoms with Gasteiger partial charge in [0.15, 0.2) is 0 Å². The van der Waals surface area contributed by atoms with Gasteiger partial charge in [0.05, 0.1) is 0 Å². The summed E-state index contributed by atoms with van der Waals surface area (Å²) >= 11 is 0. The third-order valence-electron chi connectivity index (χ3n) is 5.36. The number of amides is 1. The van der Waals surface area contributed by atoms with Crippen LogP contribution in [0, 0.1) is 0 Å². The summed E-state index contributed by atoms with van der Waals surface area (Å²) in [6.07, 6.45) is 2.05. The number of benzene rings is 3. The molecule has 0 saturated heterocycles. The quantitative estimate of drug-likeness (QED) is 0.674. The Hall–Kier alpha value is -2.36. The van der Waals surface area contributed by atoms with Crippen LogP contribution >= 0.6 is 12.4 Å². The normalized spacial score (nSPS) is 21.1. The summed E-state index contributed by atoms with van der Waals surface area (Å²) in [5, 5.41) is 5.18. The Morgan fingerprint density at radius 2 is 1.77 bits per heavy atom. The predicted molar refractivity (Wildman–Crippen MR) is 110 cm³/mol. The maximum atomic E-state index is 12.5. The van der Waals surface area contributed by atoms with Crippen LogP contribution in [0.5, 0.6) is 0 Å². The summed E-state index contributed by atoms with van der Waals surface area (Å²) in [6.45, 7) is 2.14. The first-order valence-corrected chi connectivity index (χ1v) is 8.78. The Kier molecular flexibility index (Phi) is 5.03. The minimum Gasteiger partial charge on any atom is -0.325 e. The smallest absolute Gasteiger partial charge is 0.255 e. The molecule has 1 aliphatic rings. The van der Waals surface area contributed by atoms with Gasteiger partial charge in [0.1, 0.15) is 0 Å². The minimum atomic E-state index is -0.0911. The Labute approximate surface area is 160 Å². The van der Waals surface area contributed by atoms with Gasteiger partial charge in [-0.2, -0.15) is 0 Å². The molecule has 3 nitrogen and oxygen atoms in total. The maximum absolute atomic E-state index is 12.5. The van der Waals surface area contributed by atoms with Gasteiger partial charge >= 0.3 is 0 Å². The van der Waals surface area contributed by atoms with Crippen LogP contribution in [0.1, 0.15) is 41.6 Å². The number of hydrogen-bond donors (Lipinski definition) is 2. The van der Waals surface area contributed by atoms with Gasteiger partial charge < -0.3 is 11.1 Å². The Morgan fingerprint density at radius 1 is 1.08 bits per heavy atom. The largest absolute Gasteiger partial charge is 0.325 e. The van der Waals surface area contributed by atoms with Gasteiger partial charge in [-0.15, -0.1) is 12.4 Å². The van der Waals surface area contributed by atoms with Crippen LogP contribution in [0.3, 0.4) is 0 Å². The molecule has 0 unspecified atom stereocenters. The standard InChI is InChI=1S/C22H22N2O.ClH/c1-2-22(23)14-20(22)16-9-11-19(12-10-16)24-21(25)18-8-7-15-5-3-4-6-17(15)13-18;/h3-13,20H,2,14,23H2,1H3,(H,24,25);1H/t20-,22-;/m0./s1. The fourth-order valence-corrected chi connectivity index (χ4v) is 3.49. The van der Waals surface area contributed by atoms with E-state index in [2.05, 4.69) is 24.4 Å². The van der Waals surface area contributed by atoms with E-state index in [-0.39, 0.29) is 23.9 Å². The minimum absolute atomic E-state index is 0. The van der Waals surface area contributed by atoms with Gasteiger partial charge in [0, 0.05) is 22.7 Å². The van der Waals surface area contributed by atoms with Crippen molar-refractivity contribution < 1.29 is 4.79 Å². The molecule has 0 aliphatic heterocycles. The highest BCUT2D eigenvalue weighted by Crippen LogP contribution is 2.51. The lowest BCUT2D eigenvalue weighted by Crippen LogP contribution is -2.22. The molecular formula is C22H23ClN2O. The van der Waals surface area contributed by atoms with E-state index in [1.54, 1.807) is 0 Å². The fraction of sp³-hybridized carbons (Fsp3) is 0.227. The molecule has 3 N–H and O–H groups in total. The molecule has 0 aromatic heterocycles. The van der Waals surface area contributed by atoms with Crippen molar-refractivity contribution in [3.63, 3.8) is 0 Å². The molecule has 0 heterocycles. The van der Waals surface area contributed by atoms with Gasteiger partial charge in [-0.1, -0.05) is 49.4 Å². The number of rotatable bonds is 4. The van der Waals surface area contributed by atoms with Crippen molar-refractivity contribution in [1.82, 2.24) is 0 Å². The average molecular weight is 367 g/mol.